The largest absolute Gasteiger partial charge is 0.328 e. The van der Waals surface area contributed by atoms with Crippen LogP contribution in [0.3, 0.4) is 0 Å². The highest BCUT2D eigenvalue weighted by Crippen LogP contribution is 2.49. The van der Waals surface area contributed by atoms with Crippen LogP contribution in [0.4, 0.5) is 0 Å². The first-order valence-corrected chi connectivity index (χ1v) is 6.28. The number of nitrogens with zero attached hydrogens (tertiary/aromatic N) is 1. The van der Waals surface area contributed by atoms with Crippen molar-refractivity contribution in [1.29, 1.82) is 0 Å². The van der Waals surface area contributed by atoms with Crippen molar-refractivity contribution in [3.63, 3.8) is 0 Å². The van der Waals surface area contributed by atoms with Crippen LogP contribution in [0.15, 0.2) is 0 Å². The molecule has 0 aromatic carbocycles. The lowest BCUT2D eigenvalue weighted by molar-refractivity contribution is -0.129. The summed E-state index contributed by atoms with van der Waals surface area (Å²) in [5, 5.41) is 3.22. The predicted octanol–water partition coefficient (Wildman–Crippen LogP) is 1.20. The summed E-state index contributed by atoms with van der Waals surface area (Å²) in [4.78, 5) is 13.8. The normalized spacial score (nSPS) is 31.7. The Labute approximate surface area is 91.2 Å². The number of amides is 1. The Morgan fingerprint density at radius 1 is 1.33 bits per heavy atom. The molecule has 0 spiro atoms. The Morgan fingerprint density at radius 3 is 2.33 bits per heavy atom. The molecule has 1 unspecified atom stereocenters. The fraction of sp³-hybridized carbons (Fsp3) is 0.917. The number of nitrogens with one attached hydrogen (secondary N) is 1. The number of rotatable bonds is 4. The standard InChI is InChI=1S/C12H20N2O/c1-8-12(15)14(7-13-8)6-11(9-2-3-9)10-4-5-10/h8-11,13H,2-7H2,1H3. The SMILES string of the molecule is CC1NCN(CC(C2CC2)C2CC2)C1=O. The summed E-state index contributed by atoms with van der Waals surface area (Å²) in [7, 11) is 0. The van der Waals surface area contributed by atoms with Crippen LogP contribution in [0, 0.1) is 17.8 Å². The molecule has 1 aliphatic heterocycles. The van der Waals surface area contributed by atoms with E-state index in [-0.39, 0.29) is 6.04 Å². The Bertz CT molecular complexity index is 259. The molecule has 1 atom stereocenters. The first-order chi connectivity index (χ1) is 7.25. The van der Waals surface area contributed by atoms with Crippen molar-refractivity contribution in [3.8, 4) is 0 Å². The van der Waals surface area contributed by atoms with E-state index in [1.54, 1.807) is 0 Å². The molecule has 3 heteroatoms. The molecule has 0 bridgehead atoms. The van der Waals surface area contributed by atoms with Crippen LogP contribution in [0.25, 0.3) is 0 Å². The molecule has 15 heavy (non-hydrogen) atoms. The van der Waals surface area contributed by atoms with Gasteiger partial charge >= 0.3 is 0 Å². The zero-order chi connectivity index (χ0) is 10.4. The Balaban J connectivity index is 1.60. The summed E-state index contributed by atoms with van der Waals surface area (Å²) >= 11 is 0. The zero-order valence-corrected chi connectivity index (χ0v) is 9.41. The second kappa shape index (κ2) is 3.48. The summed E-state index contributed by atoms with van der Waals surface area (Å²) in [5.41, 5.74) is 0. The highest BCUT2D eigenvalue weighted by Gasteiger charge is 2.43. The van der Waals surface area contributed by atoms with E-state index in [0.29, 0.717) is 5.91 Å². The van der Waals surface area contributed by atoms with Gasteiger partial charge in [-0.15, -0.1) is 0 Å². The quantitative estimate of drug-likeness (QED) is 0.753. The predicted molar refractivity (Wildman–Crippen MR) is 58.1 cm³/mol. The van der Waals surface area contributed by atoms with Crippen molar-refractivity contribution in [1.82, 2.24) is 10.2 Å². The second-order valence-electron chi connectivity index (χ2n) is 5.48. The van der Waals surface area contributed by atoms with Crippen molar-refractivity contribution >= 4 is 5.91 Å². The van der Waals surface area contributed by atoms with Gasteiger partial charge in [-0.3, -0.25) is 10.1 Å². The average Bonchev–Trinajstić information content (AvgIpc) is 3.11. The van der Waals surface area contributed by atoms with E-state index in [9.17, 15) is 4.79 Å². The van der Waals surface area contributed by atoms with E-state index in [1.165, 1.54) is 25.7 Å². The smallest absolute Gasteiger partial charge is 0.240 e. The molecule has 84 valence electrons. The van der Waals surface area contributed by atoms with Gasteiger partial charge < -0.3 is 4.90 Å². The lowest BCUT2D eigenvalue weighted by Gasteiger charge is -2.23. The maximum Gasteiger partial charge on any atom is 0.240 e. The van der Waals surface area contributed by atoms with Crippen molar-refractivity contribution in [3.05, 3.63) is 0 Å². The van der Waals surface area contributed by atoms with Crippen LogP contribution >= 0.6 is 0 Å². The Hall–Kier alpha value is -0.570. The molecule has 3 nitrogen and oxygen atoms in total. The molecule has 2 aliphatic carbocycles. The molecule has 0 aromatic rings. The Morgan fingerprint density at radius 2 is 1.93 bits per heavy atom. The number of hydrogen-bond acceptors (Lipinski definition) is 2. The summed E-state index contributed by atoms with van der Waals surface area (Å²) in [5.74, 6) is 3.02. The molecule has 3 rings (SSSR count). The fourth-order valence-corrected chi connectivity index (χ4v) is 2.83. The number of carbonyl (C=O) groups excluding carboxylic acids is 1. The van der Waals surface area contributed by atoms with Gasteiger partial charge in [0.05, 0.1) is 12.7 Å². The minimum atomic E-state index is 0.0454. The summed E-state index contributed by atoms with van der Waals surface area (Å²) in [6.45, 7) is 3.76. The maximum atomic E-state index is 11.8. The van der Waals surface area contributed by atoms with Crippen molar-refractivity contribution in [2.24, 2.45) is 17.8 Å². The van der Waals surface area contributed by atoms with Crippen molar-refractivity contribution < 1.29 is 4.79 Å². The third kappa shape index (κ3) is 1.89. The molecule has 3 aliphatic rings. The zero-order valence-electron chi connectivity index (χ0n) is 9.41. The van der Waals surface area contributed by atoms with Gasteiger partial charge in [0.25, 0.3) is 0 Å². The van der Waals surface area contributed by atoms with Gasteiger partial charge in [-0.25, -0.2) is 0 Å². The van der Waals surface area contributed by atoms with E-state index in [0.717, 1.165) is 31.0 Å². The van der Waals surface area contributed by atoms with Crippen molar-refractivity contribution in [2.45, 2.75) is 38.6 Å². The third-order valence-corrected chi connectivity index (χ3v) is 4.16. The molecule has 0 aromatic heterocycles. The summed E-state index contributed by atoms with van der Waals surface area (Å²) in [6, 6.07) is 0.0454. The van der Waals surface area contributed by atoms with E-state index < -0.39 is 0 Å². The second-order valence-corrected chi connectivity index (χ2v) is 5.48. The third-order valence-electron chi connectivity index (χ3n) is 4.16. The molecule has 1 amide bonds. The van der Waals surface area contributed by atoms with Crippen LogP contribution in [0.2, 0.25) is 0 Å². The van der Waals surface area contributed by atoms with Crippen molar-refractivity contribution in [2.75, 3.05) is 13.2 Å². The maximum absolute atomic E-state index is 11.8. The van der Waals surface area contributed by atoms with Crippen LogP contribution in [-0.2, 0) is 4.79 Å². The van der Waals surface area contributed by atoms with Gasteiger partial charge in [-0.1, -0.05) is 0 Å². The summed E-state index contributed by atoms with van der Waals surface area (Å²) < 4.78 is 0. The van der Waals surface area contributed by atoms with Crippen LogP contribution in [-0.4, -0.2) is 30.1 Å². The first-order valence-electron chi connectivity index (χ1n) is 6.28. The minimum absolute atomic E-state index is 0.0454. The minimum Gasteiger partial charge on any atom is -0.328 e. The van der Waals surface area contributed by atoms with E-state index in [4.69, 9.17) is 0 Å². The van der Waals surface area contributed by atoms with Crippen LogP contribution in [0.5, 0.6) is 0 Å². The van der Waals surface area contributed by atoms with E-state index >= 15 is 0 Å². The van der Waals surface area contributed by atoms with E-state index in [2.05, 4.69) is 5.32 Å². The molecule has 3 fully saturated rings. The molecular formula is C12H20N2O. The Kier molecular flexibility index (Phi) is 2.23. The number of hydrogen-bond donors (Lipinski definition) is 1. The molecule has 2 saturated carbocycles. The molecule has 1 saturated heterocycles. The fourth-order valence-electron chi connectivity index (χ4n) is 2.83. The van der Waals surface area contributed by atoms with Gasteiger partial charge in [0, 0.05) is 6.54 Å². The lowest BCUT2D eigenvalue weighted by atomic mass is 9.97. The first kappa shape index (κ1) is 9.64. The van der Waals surface area contributed by atoms with Gasteiger partial charge in [0.1, 0.15) is 0 Å². The molecular weight excluding hydrogens is 188 g/mol. The van der Waals surface area contributed by atoms with Gasteiger partial charge in [0.15, 0.2) is 0 Å². The molecule has 1 N–H and O–H groups in total. The number of carbonyl (C=O) groups is 1. The van der Waals surface area contributed by atoms with E-state index in [1.807, 2.05) is 11.8 Å². The van der Waals surface area contributed by atoms with Gasteiger partial charge in [0.2, 0.25) is 5.91 Å². The van der Waals surface area contributed by atoms with Crippen LogP contribution < -0.4 is 5.32 Å². The average molecular weight is 208 g/mol. The lowest BCUT2D eigenvalue weighted by Crippen LogP contribution is -2.34. The summed E-state index contributed by atoms with van der Waals surface area (Å²) in [6.07, 6.45) is 5.64. The van der Waals surface area contributed by atoms with Gasteiger partial charge in [-0.05, 0) is 50.4 Å². The molecule has 1 heterocycles. The van der Waals surface area contributed by atoms with Gasteiger partial charge in [-0.2, -0.15) is 0 Å². The van der Waals surface area contributed by atoms with Crippen LogP contribution in [0.1, 0.15) is 32.6 Å². The highest BCUT2D eigenvalue weighted by molar-refractivity contribution is 5.83. The topological polar surface area (TPSA) is 32.3 Å². The highest BCUT2D eigenvalue weighted by atomic mass is 16.2. The molecule has 0 radical (unpaired) electrons. The monoisotopic (exact) mass is 208 g/mol.